The summed E-state index contributed by atoms with van der Waals surface area (Å²) in [6.45, 7) is 14.9. The highest BCUT2D eigenvalue weighted by molar-refractivity contribution is 5.37. The maximum absolute atomic E-state index is 3.66. The maximum atomic E-state index is 3.66. The third-order valence-corrected chi connectivity index (χ3v) is 4.38. The minimum atomic E-state index is 0.311. The molecule has 0 fully saturated rings. The molecule has 0 heterocycles. The van der Waals surface area contributed by atoms with Crippen molar-refractivity contribution in [3.8, 4) is 0 Å². The van der Waals surface area contributed by atoms with E-state index in [1.54, 1.807) is 11.6 Å². The highest BCUT2D eigenvalue weighted by Gasteiger charge is 2.26. The van der Waals surface area contributed by atoms with Crippen molar-refractivity contribution < 1.29 is 0 Å². The molecule has 1 rings (SSSR count). The molecule has 0 saturated heterocycles. The van der Waals surface area contributed by atoms with Crippen LogP contribution in [0.25, 0.3) is 0 Å². The molecular formula is C23H32. The largest absolute Gasteiger partial charge is 0.0991 e. The van der Waals surface area contributed by atoms with Crippen molar-refractivity contribution >= 4 is 0 Å². The van der Waals surface area contributed by atoms with Crippen LogP contribution in [-0.2, 0) is 0 Å². The maximum Gasteiger partial charge on any atom is -0.0104 e. The van der Waals surface area contributed by atoms with Gasteiger partial charge in [-0.1, -0.05) is 91.8 Å². The molecule has 23 heavy (non-hydrogen) atoms. The van der Waals surface area contributed by atoms with E-state index < -0.39 is 0 Å². The minimum Gasteiger partial charge on any atom is -0.0991 e. The predicted octanol–water partition coefficient (Wildman–Crippen LogP) is 7.26. The monoisotopic (exact) mass is 308 g/mol. The van der Waals surface area contributed by atoms with Crippen molar-refractivity contribution in [1.29, 1.82) is 0 Å². The van der Waals surface area contributed by atoms with Gasteiger partial charge in [-0.2, -0.15) is 0 Å². The number of hydrogen-bond acceptors (Lipinski definition) is 0. The highest BCUT2D eigenvalue weighted by Crippen LogP contribution is 2.40. The Morgan fingerprint density at radius 2 is 1.65 bits per heavy atom. The number of hydrogen-bond donors (Lipinski definition) is 0. The van der Waals surface area contributed by atoms with Gasteiger partial charge in [-0.05, 0) is 51.0 Å². The summed E-state index contributed by atoms with van der Waals surface area (Å²) >= 11 is 0. The van der Waals surface area contributed by atoms with Gasteiger partial charge in [-0.3, -0.25) is 0 Å². The van der Waals surface area contributed by atoms with E-state index in [0.29, 0.717) is 5.41 Å². The lowest BCUT2D eigenvalue weighted by Gasteiger charge is -2.32. The summed E-state index contributed by atoms with van der Waals surface area (Å²) in [6, 6.07) is 0. The Morgan fingerprint density at radius 1 is 1.00 bits per heavy atom. The molecule has 124 valence electrons. The molecule has 0 aromatic carbocycles. The first-order chi connectivity index (χ1) is 10.9. The van der Waals surface area contributed by atoms with Gasteiger partial charge in [0, 0.05) is 0 Å². The fourth-order valence-electron chi connectivity index (χ4n) is 2.97. The van der Waals surface area contributed by atoms with Gasteiger partial charge < -0.3 is 0 Å². The van der Waals surface area contributed by atoms with E-state index in [9.17, 15) is 0 Å². The van der Waals surface area contributed by atoms with Crippen molar-refractivity contribution in [2.75, 3.05) is 0 Å². The molecule has 0 bridgehead atoms. The summed E-state index contributed by atoms with van der Waals surface area (Å²) in [5.41, 5.74) is 5.88. The highest BCUT2D eigenvalue weighted by atomic mass is 14.3. The lowest BCUT2D eigenvalue weighted by Crippen LogP contribution is -2.19. The van der Waals surface area contributed by atoms with E-state index in [-0.39, 0.29) is 0 Å². The van der Waals surface area contributed by atoms with Gasteiger partial charge in [-0.15, -0.1) is 0 Å². The summed E-state index contributed by atoms with van der Waals surface area (Å²) in [5, 5.41) is 0. The van der Waals surface area contributed by atoms with Crippen molar-refractivity contribution in [2.45, 2.75) is 53.9 Å². The molecule has 0 saturated carbocycles. The molecule has 0 spiro atoms. The average Bonchev–Trinajstić information content (AvgIpc) is 2.46. The van der Waals surface area contributed by atoms with Crippen LogP contribution in [0.5, 0.6) is 0 Å². The molecule has 1 aliphatic rings. The van der Waals surface area contributed by atoms with Gasteiger partial charge in [0.25, 0.3) is 0 Å². The van der Waals surface area contributed by atoms with E-state index >= 15 is 0 Å². The van der Waals surface area contributed by atoms with Crippen LogP contribution in [0.15, 0.2) is 83.6 Å². The van der Waals surface area contributed by atoms with Crippen LogP contribution < -0.4 is 0 Å². The first kappa shape index (κ1) is 19.2. The Balaban J connectivity index is 2.75. The standard InChI is InChI=1S/C23H32/c1-7-8-9-12-19(2)13-10-14-20(3)16-17-22-21(4)15-11-18-23(22,5)6/h7-10,12-14,16-17H,1,11,15,18H2,2-6H3/b9-8+,13-10+,17-16+,19-12-,20-14-. The molecule has 0 aromatic heterocycles. The molecular weight excluding hydrogens is 276 g/mol. The molecule has 0 N–H and O–H groups in total. The topological polar surface area (TPSA) is 0 Å². The van der Waals surface area contributed by atoms with Crippen LogP contribution in [0.4, 0.5) is 0 Å². The molecule has 0 unspecified atom stereocenters. The molecule has 0 aromatic rings. The zero-order chi connectivity index (χ0) is 17.3. The fourth-order valence-corrected chi connectivity index (χ4v) is 2.97. The summed E-state index contributed by atoms with van der Waals surface area (Å²) in [4.78, 5) is 0. The van der Waals surface area contributed by atoms with E-state index in [2.05, 4.69) is 77.7 Å². The van der Waals surface area contributed by atoms with E-state index in [0.717, 1.165) is 0 Å². The van der Waals surface area contributed by atoms with Crippen LogP contribution in [0.3, 0.4) is 0 Å². The molecule has 0 nitrogen and oxygen atoms in total. The molecule has 0 heteroatoms. The second-order valence-electron chi connectivity index (χ2n) is 7.07. The van der Waals surface area contributed by atoms with Crippen LogP contribution in [0.2, 0.25) is 0 Å². The number of allylic oxidation sites excluding steroid dienone is 13. The van der Waals surface area contributed by atoms with E-state index in [1.165, 1.54) is 36.0 Å². The zero-order valence-electron chi connectivity index (χ0n) is 15.5. The van der Waals surface area contributed by atoms with Crippen LogP contribution in [0, 0.1) is 5.41 Å². The second kappa shape index (κ2) is 9.35. The van der Waals surface area contributed by atoms with E-state index in [4.69, 9.17) is 0 Å². The van der Waals surface area contributed by atoms with Crippen molar-refractivity contribution in [3.63, 3.8) is 0 Å². The zero-order valence-corrected chi connectivity index (χ0v) is 15.5. The van der Waals surface area contributed by atoms with Crippen LogP contribution >= 0.6 is 0 Å². The normalized spacial score (nSPS) is 20.2. The summed E-state index contributed by atoms with van der Waals surface area (Å²) < 4.78 is 0. The van der Waals surface area contributed by atoms with Gasteiger partial charge >= 0.3 is 0 Å². The fraction of sp³-hybridized carbons (Fsp3) is 0.391. The molecule has 0 atom stereocenters. The third-order valence-electron chi connectivity index (χ3n) is 4.38. The van der Waals surface area contributed by atoms with Gasteiger partial charge in [0.05, 0.1) is 0 Å². The Labute approximate surface area is 143 Å². The van der Waals surface area contributed by atoms with Gasteiger partial charge in [-0.25, -0.2) is 0 Å². The van der Waals surface area contributed by atoms with Gasteiger partial charge in [0.1, 0.15) is 0 Å². The smallest absolute Gasteiger partial charge is 0.0104 e. The minimum absolute atomic E-state index is 0.311. The summed E-state index contributed by atoms with van der Waals surface area (Å²) in [5.74, 6) is 0. The molecule has 1 aliphatic carbocycles. The first-order valence-corrected chi connectivity index (χ1v) is 8.56. The SMILES string of the molecule is C=C/C=C/C=C(C)\C=C\C=C(C)/C=C/C1=C(C)CCCC1(C)C. The van der Waals surface area contributed by atoms with Gasteiger partial charge in [0.15, 0.2) is 0 Å². The lowest BCUT2D eigenvalue weighted by atomic mass is 9.72. The molecule has 0 radical (unpaired) electrons. The Morgan fingerprint density at radius 3 is 2.30 bits per heavy atom. The average molecular weight is 309 g/mol. The predicted molar refractivity (Wildman–Crippen MR) is 105 cm³/mol. The summed E-state index contributed by atoms with van der Waals surface area (Å²) in [7, 11) is 0. The molecule has 0 amide bonds. The second-order valence-corrected chi connectivity index (χ2v) is 7.07. The lowest BCUT2D eigenvalue weighted by molar-refractivity contribution is 0.377. The number of rotatable bonds is 6. The van der Waals surface area contributed by atoms with Crippen molar-refractivity contribution in [3.05, 3.63) is 83.6 Å². The quantitative estimate of drug-likeness (QED) is 0.453. The molecule has 0 aliphatic heterocycles. The van der Waals surface area contributed by atoms with E-state index in [1.807, 2.05) is 12.2 Å². The van der Waals surface area contributed by atoms with Crippen LogP contribution in [0.1, 0.15) is 53.9 Å². The van der Waals surface area contributed by atoms with Gasteiger partial charge in [0.2, 0.25) is 0 Å². The Bertz CT molecular complexity index is 584. The Hall–Kier alpha value is -1.82. The Kier molecular flexibility index (Phi) is 7.81. The van der Waals surface area contributed by atoms with Crippen molar-refractivity contribution in [1.82, 2.24) is 0 Å². The summed E-state index contributed by atoms with van der Waals surface area (Å²) in [6.07, 6.45) is 22.6. The first-order valence-electron chi connectivity index (χ1n) is 8.56. The third kappa shape index (κ3) is 6.86. The van der Waals surface area contributed by atoms with Crippen molar-refractivity contribution in [2.24, 2.45) is 5.41 Å². The van der Waals surface area contributed by atoms with Crippen LogP contribution in [-0.4, -0.2) is 0 Å².